The Kier molecular flexibility index (Phi) is 7.40. The molecule has 1 aromatic heterocycles. The summed E-state index contributed by atoms with van der Waals surface area (Å²) in [7, 11) is 0. The van der Waals surface area contributed by atoms with E-state index in [4.69, 9.17) is 0 Å². The predicted molar refractivity (Wildman–Crippen MR) is 128 cm³/mol. The van der Waals surface area contributed by atoms with Crippen molar-refractivity contribution in [2.45, 2.75) is 45.1 Å². The first-order valence-corrected chi connectivity index (χ1v) is 11.6. The highest BCUT2D eigenvalue weighted by molar-refractivity contribution is 5.94. The highest BCUT2D eigenvalue weighted by atomic mass is 19.4. The molecule has 0 spiro atoms. The second-order valence-corrected chi connectivity index (χ2v) is 9.07. The Morgan fingerprint density at radius 1 is 0.971 bits per heavy atom. The highest BCUT2D eigenvalue weighted by Gasteiger charge is 2.30. The van der Waals surface area contributed by atoms with E-state index < -0.39 is 17.6 Å². The number of amides is 1. The van der Waals surface area contributed by atoms with E-state index in [9.17, 15) is 22.8 Å². The molecule has 0 atom stereocenters. The fraction of sp³-hybridized carbons (Fsp3) is 0.333. The molecule has 0 bridgehead atoms. The number of rotatable bonds is 6. The summed E-state index contributed by atoms with van der Waals surface area (Å²) in [5.74, 6) is -0.398. The number of aromatic nitrogens is 1. The third kappa shape index (κ3) is 6.39. The number of piperidine rings is 1. The Hall–Kier alpha value is -3.39. The lowest BCUT2D eigenvalue weighted by Crippen LogP contribution is -2.45. The zero-order valence-corrected chi connectivity index (χ0v) is 19.5. The van der Waals surface area contributed by atoms with Gasteiger partial charge in [0.1, 0.15) is 5.56 Å². The standard InChI is InChI=1S/C27H28F3N3O2/c1-19-5-2-6-20(15-19)18-33-12-4-9-24(26(33)35)25(34)31-23-10-13-32(14-11-23)17-21-7-3-8-22(16-21)27(28,29)30/h2-9,12,15-16,23H,10-11,13-14,17-18H2,1H3,(H,31,34). The molecule has 0 radical (unpaired) electrons. The maximum Gasteiger partial charge on any atom is 0.416 e. The summed E-state index contributed by atoms with van der Waals surface area (Å²) in [6.07, 6.45) is -1.36. The summed E-state index contributed by atoms with van der Waals surface area (Å²) in [5.41, 5.74) is 1.82. The van der Waals surface area contributed by atoms with Crippen molar-refractivity contribution in [3.05, 3.63) is 105 Å². The number of carbonyl (C=O) groups is 1. The first-order chi connectivity index (χ1) is 16.7. The van der Waals surface area contributed by atoms with Crippen LogP contribution in [0.5, 0.6) is 0 Å². The molecule has 1 saturated heterocycles. The van der Waals surface area contributed by atoms with Crippen molar-refractivity contribution in [2.75, 3.05) is 13.1 Å². The average Bonchev–Trinajstić information content (AvgIpc) is 2.81. The van der Waals surface area contributed by atoms with Crippen LogP contribution in [-0.2, 0) is 19.3 Å². The minimum absolute atomic E-state index is 0.0925. The van der Waals surface area contributed by atoms with Crippen LogP contribution < -0.4 is 10.9 Å². The summed E-state index contributed by atoms with van der Waals surface area (Å²) in [4.78, 5) is 27.8. The van der Waals surface area contributed by atoms with E-state index in [1.54, 1.807) is 18.3 Å². The Morgan fingerprint density at radius 3 is 2.34 bits per heavy atom. The van der Waals surface area contributed by atoms with Gasteiger partial charge in [-0.3, -0.25) is 14.5 Å². The number of halogens is 3. The van der Waals surface area contributed by atoms with Crippen molar-refractivity contribution in [3.63, 3.8) is 0 Å². The van der Waals surface area contributed by atoms with Crippen molar-refractivity contribution in [1.82, 2.24) is 14.8 Å². The molecule has 184 valence electrons. The van der Waals surface area contributed by atoms with Crippen LogP contribution in [0.4, 0.5) is 13.2 Å². The molecule has 3 aromatic rings. The number of nitrogens with zero attached hydrogens (tertiary/aromatic N) is 2. The number of hydrogen-bond acceptors (Lipinski definition) is 3. The third-order valence-corrected chi connectivity index (χ3v) is 6.28. The molecule has 0 aliphatic carbocycles. The van der Waals surface area contributed by atoms with Gasteiger partial charge in [-0.1, -0.05) is 48.0 Å². The van der Waals surface area contributed by atoms with Gasteiger partial charge in [-0.05, 0) is 49.1 Å². The van der Waals surface area contributed by atoms with E-state index in [0.29, 0.717) is 44.6 Å². The van der Waals surface area contributed by atoms with Crippen LogP contribution in [0.25, 0.3) is 0 Å². The SMILES string of the molecule is Cc1cccc(Cn2cccc(C(=O)NC3CCN(Cc4cccc(C(F)(F)F)c4)CC3)c2=O)c1. The van der Waals surface area contributed by atoms with Crippen LogP contribution in [0, 0.1) is 6.92 Å². The molecule has 1 aliphatic heterocycles. The summed E-state index contributed by atoms with van der Waals surface area (Å²) in [6, 6.07) is 16.4. The monoisotopic (exact) mass is 483 g/mol. The number of benzene rings is 2. The molecule has 1 fully saturated rings. The van der Waals surface area contributed by atoms with Crippen molar-refractivity contribution in [1.29, 1.82) is 0 Å². The average molecular weight is 484 g/mol. The maximum atomic E-state index is 13.0. The van der Waals surface area contributed by atoms with E-state index in [1.165, 1.54) is 22.8 Å². The molecular weight excluding hydrogens is 455 g/mol. The number of carbonyl (C=O) groups excluding carboxylic acids is 1. The third-order valence-electron chi connectivity index (χ3n) is 6.28. The Balaban J connectivity index is 1.33. The van der Waals surface area contributed by atoms with Crippen LogP contribution in [0.1, 0.15) is 45.5 Å². The van der Waals surface area contributed by atoms with E-state index in [1.807, 2.05) is 31.2 Å². The lowest BCUT2D eigenvalue weighted by atomic mass is 10.0. The molecule has 35 heavy (non-hydrogen) atoms. The number of likely N-dealkylation sites (tertiary alicyclic amines) is 1. The number of aryl methyl sites for hydroxylation is 1. The first kappa shape index (κ1) is 24.7. The Labute approximate surface area is 202 Å². The second-order valence-electron chi connectivity index (χ2n) is 9.07. The Bertz CT molecular complexity index is 1240. The van der Waals surface area contributed by atoms with Gasteiger partial charge in [0.15, 0.2) is 0 Å². The van der Waals surface area contributed by atoms with E-state index in [0.717, 1.165) is 17.2 Å². The molecule has 1 aliphatic rings. The second kappa shape index (κ2) is 10.5. The zero-order valence-electron chi connectivity index (χ0n) is 19.5. The van der Waals surface area contributed by atoms with Crippen LogP contribution in [0.3, 0.4) is 0 Å². The molecule has 1 amide bonds. The van der Waals surface area contributed by atoms with E-state index in [2.05, 4.69) is 10.2 Å². The van der Waals surface area contributed by atoms with Gasteiger partial charge in [-0.25, -0.2) is 0 Å². The van der Waals surface area contributed by atoms with Crippen LogP contribution in [0.15, 0.2) is 71.7 Å². The summed E-state index contributed by atoms with van der Waals surface area (Å²) < 4.78 is 40.4. The molecule has 2 aromatic carbocycles. The summed E-state index contributed by atoms with van der Waals surface area (Å²) >= 11 is 0. The quantitative estimate of drug-likeness (QED) is 0.557. The van der Waals surface area contributed by atoms with E-state index in [-0.39, 0.29) is 17.2 Å². The highest BCUT2D eigenvalue weighted by Crippen LogP contribution is 2.30. The van der Waals surface area contributed by atoms with E-state index >= 15 is 0 Å². The molecule has 2 heterocycles. The normalized spacial score (nSPS) is 15.2. The number of hydrogen-bond donors (Lipinski definition) is 1. The van der Waals surface area contributed by atoms with Crippen molar-refractivity contribution < 1.29 is 18.0 Å². The maximum absolute atomic E-state index is 13.0. The topological polar surface area (TPSA) is 54.3 Å². The van der Waals surface area contributed by atoms with Crippen LogP contribution in [-0.4, -0.2) is 34.5 Å². The minimum Gasteiger partial charge on any atom is -0.349 e. The van der Waals surface area contributed by atoms with Gasteiger partial charge < -0.3 is 9.88 Å². The van der Waals surface area contributed by atoms with Gasteiger partial charge in [0.25, 0.3) is 11.5 Å². The Morgan fingerprint density at radius 2 is 1.66 bits per heavy atom. The van der Waals surface area contributed by atoms with Gasteiger partial charge in [-0.2, -0.15) is 13.2 Å². The molecular formula is C27H28F3N3O2. The molecule has 5 nitrogen and oxygen atoms in total. The minimum atomic E-state index is -4.36. The van der Waals surface area contributed by atoms with Gasteiger partial charge >= 0.3 is 6.18 Å². The number of pyridine rings is 1. The molecule has 4 rings (SSSR count). The van der Waals surface area contributed by atoms with Crippen molar-refractivity contribution >= 4 is 5.91 Å². The number of alkyl halides is 3. The van der Waals surface area contributed by atoms with Gasteiger partial charge in [0.2, 0.25) is 0 Å². The smallest absolute Gasteiger partial charge is 0.349 e. The van der Waals surface area contributed by atoms with Crippen molar-refractivity contribution in [3.8, 4) is 0 Å². The van der Waals surface area contributed by atoms with Crippen molar-refractivity contribution in [2.24, 2.45) is 0 Å². The summed E-state index contributed by atoms with van der Waals surface area (Å²) in [6.45, 7) is 4.09. The fourth-order valence-electron chi connectivity index (χ4n) is 4.44. The first-order valence-electron chi connectivity index (χ1n) is 11.6. The van der Waals surface area contributed by atoms with Crippen LogP contribution >= 0.6 is 0 Å². The molecule has 0 saturated carbocycles. The fourth-order valence-corrected chi connectivity index (χ4v) is 4.44. The largest absolute Gasteiger partial charge is 0.416 e. The predicted octanol–water partition coefficient (Wildman–Crippen LogP) is 4.62. The zero-order chi connectivity index (χ0) is 25.0. The molecule has 0 unspecified atom stereocenters. The molecule has 8 heteroatoms. The van der Waals surface area contributed by atoms with Crippen LogP contribution in [0.2, 0.25) is 0 Å². The van der Waals surface area contributed by atoms with Gasteiger partial charge in [-0.15, -0.1) is 0 Å². The molecule has 1 N–H and O–H groups in total. The van der Waals surface area contributed by atoms with Gasteiger partial charge in [0, 0.05) is 31.9 Å². The summed E-state index contributed by atoms with van der Waals surface area (Å²) in [5, 5.41) is 2.96. The number of nitrogens with one attached hydrogen (secondary N) is 1. The lowest BCUT2D eigenvalue weighted by molar-refractivity contribution is -0.137. The van der Waals surface area contributed by atoms with Gasteiger partial charge in [0.05, 0.1) is 12.1 Å². The lowest BCUT2D eigenvalue weighted by Gasteiger charge is -2.32.